The molecule has 0 aliphatic heterocycles. The Labute approximate surface area is 78.6 Å². The van der Waals surface area contributed by atoms with Gasteiger partial charge in [-0.1, -0.05) is 28.4 Å². The van der Waals surface area contributed by atoms with Crippen LogP contribution in [0.25, 0.3) is 0 Å². The number of halogens is 2. The van der Waals surface area contributed by atoms with E-state index in [9.17, 15) is 0 Å². The van der Waals surface area contributed by atoms with Gasteiger partial charge in [0, 0.05) is 6.20 Å². The summed E-state index contributed by atoms with van der Waals surface area (Å²) in [6.07, 6.45) is 1.38. The van der Waals surface area contributed by atoms with Crippen molar-refractivity contribution in [1.29, 1.82) is 0 Å². The van der Waals surface area contributed by atoms with Crippen LogP contribution in [0.1, 0.15) is 5.56 Å². The lowest BCUT2D eigenvalue weighted by atomic mass is 10.3. The Balaban J connectivity index is 3.23. The molecule has 0 radical (unpaired) electrons. The van der Waals surface area contributed by atoms with Gasteiger partial charge in [0.15, 0.2) is 5.17 Å². The molecule has 3 N–H and O–H groups in total. The maximum atomic E-state index is 8.33. The predicted octanol–water partition coefficient (Wildman–Crippen LogP) is 1.69. The Morgan fingerprint density at radius 3 is 2.92 bits per heavy atom. The molecule has 0 saturated carbocycles. The van der Waals surface area contributed by atoms with Crippen molar-refractivity contribution in [2.75, 3.05) is 5.73 Å². The standard InChI is InChI=1S/C6H5Cl2N3O/c7-3-1-4(5(8)11-12)6(9)10-2-3/h1-2,12H,(H2,9,10). The lowest BCUT2D eigenvalue weighted by Crippen LogP contribution is -2.01. The van der Waals surface area contributed by atoms with Crippen LogP contribution in [0.4, 0.5) is 5.82 Å². The predicted molar refractivity (Wildman–Crippen MR) is 47.8 cm³/mol. The largest absolute Gasteiger partial charge is 0.410 e. The topological polar surface area (TPSA) is 71.5 Å². The molecule has 1 heterocycles. The second-order valence-corrected chi connectivity index (χ2v) is 2.77. The molecule has 64 valence electrons. The number of anilines is 1. The zero-order valence-electron chi connectivity index (χ0n) is 5.83. The van der Waals surface area contributed by atoms with E-state index < -0.39 is 0 Å². The molecule has 0 aliphatic rings. The number of hydrogen-bond donors (Lipinski definition) is 2. The number of nitrogen functional groups attached to an aromatic ring is 1. The average molecular weight is 206 g/mol. The molecule has 12 heavy (non-hydrogen) atoms. The molecule has 0 spiro atoms. The van der Waals surface area contributed by atoms with Crippen LogP contribution in [0.3, 0.4) is 0 Å². The molecule has 1 rings (SSSR count). The molecule has 0 bridgehead atoms. The van der Waals surface area contributed by atoms with Crippen LogP contribution >= 0.6 is 23.2 Å². The SMILES string of the molecule is Nc1ncc(Cl)cc1C(Cl)=NO. The summed E-state index contributed by atoms with van der Waals surface area (Å²) in [5, 5.41) is 11.3. The number of pyridine rings is 1. The van der Waals surface area contributed by atoms with Gasteiger partial charge < -0.3 is 10.9 Å². The molecular weight excluding hydrogens is 201 g/mol. The summed E-state index contributed by atoms with van der Waals surface area (Å²) in [6, 6.07) is 1.46. The van der Waals surface area contributed by atoms with E-state index in [1.54, 1.807) is 0 Å². The molecule has 0 atom stereocenters. The van der Waals surface area contributed by atoms with Gasteiger partial charge in [-0.2, -0.15) is 0 Å². The number of hydrogen-bond acceptors (Lipinski definition) is 4. The lowest BCUT2D eigenvalue weighted by Gasteiger charge is -2.00. The number of aromatic nitrogens is 1. The first-order valence-corrected chi connectivity index (χ1v) is 3.69. The van der Waals surface area contributed by atoms with Crippen LogP contribution in [-0.4, -0.2) is 15.4 Å². The Bertz CT molecular complexity index is 327. The smallest absolute Gasteiger partial charge is 0.179 e. The van der Waals surface area contributed by atoms with Gasteiger partial charge in [-0.3, -0.25) is 0 Å². The second kappa shape index (κ2) is 3.60. The first-order chi connectivity index (χ1) is 5.65. The third-order valence-electron chi connectivity index (χ3n) is 1.20. The fourth-order valence-electron chi connectivity index (χ4n) is 0.669. The van der Waals surface area contributed by atoms with Crippen molar-refractivity contribution in [1.82, 2.24) is 4.98 Å². The molecule has 6 heteroatoms. The number of nitrogens with two attached hydrogens (primary N) is 1. The molecule has 0 fully saturated rings. The molecule has 0 saturated heterocycles. The van der Waals surface area contributed by atoms with Gasteiger partial charge in [-0.15, -0.1) is 0 Å². The summed E-state index contributed by atoms with van der Waals surface area (Å²) in [4.78, 5) is 3.72. The highest BCUT2D eigenvalue weighted by Gasteiger charge is 2.06. The normalized spacial score (nSPS) is 11.7. The second-order valence-electron chi connectivity index (χ2n) is 1.98. The highest BCUT2D eigenvalue weighted by molar-refractivity contribution is 6.70. The van der Waals surface area contributed by atoms with E-state index in [0.717, 1.165) is 0 Å². The minimum Gasteiger partial charge on any atom is -0.410 e. The van der Waals surface area contributed by atoms with Gasteiger partial charge in [0.25, 0.3) is 0 Å². The third-order valence-corrected chi connectivity index (χ3v) is 1.68. The first kappa shape index (κ1) is 9.09. The van der Waals surface area contributed by atoms with E-state index in [0.29, 0.717) is 10.6 Å². The van der Waals surface area contributed by atoms with Crippen molar-refractivity contribution in [3.05, 3.63) is 22.8 Å². The molecule has 0 unspecified atom stereocenters. The van der Waals surface area contributed by atoms with Crippen LogP contribution in [0, 0.1) is 0 Å². The van der Waals surface area contributed by atoms with Crippen LogP contribution < -0.4 is 5.73 Å². The van der Waals surface area contributed by atoms with Gasteiger partial charge in [-0.25, -0.2) is 4.98 Å². The van der Waals surface area contributed by atoms with Crippen molar-refractivity contribution in [3.8, 4) is 0 Å². The number of nitrogens with zero attached hydrogens (tertiary/aromatic N) is 2. The van der Waals surface area contributed by atoms with Crippen molar-refractivity contribution in [2.24, 2.45) is 5.16 Å². The van der Waals surface area contributed by atoms with Crippen molar-refractivity contribution >= 4 is 34.2 Å². The summed E-state index contributed by atoms with van der Waals surface area (Å²) < 4.78 is 0. The van der Waals surface area contributed by atoms with Gasteiger partial charge in [0.1, 0.15) is 5.82 Å². The summed E-state index contributed by atoms with van der Waals surface area (Å²) in [7, 11) is 0. The lowest BCUT2D eigenvalue weighted by molar-refractivity contribution is 0.321. The zero-order valence-corrected chi connectivity index (χ0v) is 7.34. The third kappa shape index (κ3) is 1.78. The van der Waals surface area contributed by atoms with Crippen LogP contribution in [-0.2, 0) is 0 Å². The average Bonchev–Trinajstić information content (AvgIpc) is 2.08. The highest BCUT2D eigenvalue weighted by Crippen LogP contribution is 2.16. The van der Waals surface area contributed by atoms with E-state index in [1.807, 2.05) is 0 Å². The summed E-state index contributed by atoms with van der Waals surface area (Å²) in [5.41, 5.74) is 5.73. The van der Waals surface area contributed by atoms with E-state index in [1.165, 1.54) is 12.3 Å². The highest BCUT2D eigenvalue weighted by atomic mass is 35.5. The fourth-order valence-corrected chi connectivity index (χ4v) is 0.978. The Morgan fingerprint density at radius 1 is 1.67 bits per heavy atom. The van der Waals surface area contributed by atoms with Crippen molar-refractivity contribution in [3.63, 3.8) is 0 Å². The Morgan fingerprint density at radius 2 is 2.33 bits per heavy atom. The fraction of sp³-hybridized carbons (Fsp3) is 0. The van der Waals surface area contributed by atoms with Crippen molar-refractivity contribution in [2.45, 2.75) is 0 Å². The minimum absolute atomic E-state index is 0.137. The molecule has 0 aromatic carbocycles. The van der Waals surface area contributed by atoms with E-state index >= 15 is 0 Å². The van der Waals surface area contributed by atoms with Gasteiger partial charge in [0.2, 0.25) is 0 Å². The maximum absolute atomic E-state index is 8.33. The summed E-state index contributed by atoms with van der Waals surface area (Å²) in [5.74, 6) is 0.169. The van der Waals surface area contributed by atoms with Crippen molar-refractivity contribution < 1.29 is 5.21 Å². The van der Waals surface area contributed by atoms with E-state index in [2.05, 4.69) is 10.1 Å². The van der Waals surface area contributed by atoms with Crippen LogP contribution in [0.15, 0.2) is 17.4 Å². The minimum atomic E-state index is -0.137. The molecule has 0 amide bonds. The van der Waals surface area contributed by atoms with Gasteiger partial charge in [-0.05, 0) is 6.07 Å². The molecule has 4 nitrogen and oxygen atoms in total. The molecule has 1 aromatic rings. The van der Waals surface area contributed by atoms with E-state index in [4.69, 9.17) is 34.1 Å². The quantitative estimate of drug-likeness (QED) is 0.417. The van der Waals surface area contributed by atoms with Crippen LogP contribution in [0.5, 0.6) is 0 Å². The number of oxime groups is 1. The Hall–Kier alpha value is -1.00. The molecular formula is C6H5Cl2N3O. The molecule has 1 aromatic heterocycles. The first-order valence-electron chi connectivity index (χ1n) is 2.94. The van der Waals surface area contributed by atoms with Crippen LogP contribution in [0.2, 0.25) is 5.02 Å². The maximum Gasteiger partial charge on any atom is 0.179 e. The summed E-state index contributed by atoms with van der Waals surface area (Å²) >= 11 is 11.1. The summed E-state index contributed by atoms with van der Waals surface area (Å²) in [6.45, 7) is 0. The Kier molecular flexibility index (Phi) is 2.73. The van der Waals surface area contributed by atoms with Gasteiger partial charge in [0.05, 0.1) is 10.6 Å². The van der Waals surface area contributed by atoms with Gasteiger partial charge >= 0.3 is 0 Å². The molecule has 0 aliphatic carbocycles. The number of rotatable bonds is 1. The zero-order chi connectivity index (χ0) is 9.14. The van der Waals surface area contributed by atoms with E-state index in [-0.39, 0.29) is 11.0 Å². The monoisotopic (exact) mass is 205 g/mol.